The van der Waals surface area contributed by atoms with Crippen molar-refractivity contribution in [3.63, 3.8) is 0 Å². The Labute approximate surface area is 196 Å². The molecular weight excluding hydrogens is 462 g/mol. The van der Waals surface area contributed by atoms with Crippen LogP contribution in [0.3, 0.4) is 0 Å². The summed E-state index contributed by atoms with van der Waals surface area (Å²) >= 11 is 6.08. The van der Waals surface area contributed by atoms with Crippen LogP contribution in [-0.2, 0) is 10.0 Å². The van der Waals surface area contributed by atoms with Crippen LogP contribution in [0, 0.1) is 5.82 Å². The third kappa shape index (κ3) is 6.41. The molecule has 0 unspecified atom stereocenters. The Morgan fingerprint density at radius 1 is 1.13 bits per heavy atom. The maximum atomic E-state index is 13.3. The highest BCUT2D eigenvalue weighted by molar-refractivity contribution is 7.89. The van der Waals surface area contributed by atoms with Gasteiger partial charge in [0, 0.05) is 43.7 Å². The maximum absolute atomic E-state index is 13.3. The Balaban J connectivity index is 0.00000341. The second kappa shape index (κ2) is 11.4. The summed E-state index contributed by atoms with van der Waals surface area (Å²) in [5.41, 5.74) is 0.306. The minimum Gasteiger partial charge on any atom is -0.295 e. The number of sulfonamides is 1. The van der Waals surface area contributed by atoms with Gasteiger partial charge in [0.1, 0.15) is 5.82 Å². The summed E-state index contributed by atoms with van der Waals surface area (Å²) in [6.45, 7) is 4.32. The number of benzene rings is 1. The Morgan fingerprint density at radius 2 is 1.77 bits per heavy atom. The number of nitrogens with zero attached hydrogens (tertiary/aromatic N) is 2. The van der Waals surface area contributed by atoms with Crippen LogP contribution >= 0.6 is 24.0 Å². The monoisotopic (exact) mass is 494 g/mol. The van der Waals surface area contributed by atoms with Crippen LogP contribution in [0.25, 0.3) is 0 Å². The van der Waals surface area contributed by atoms with Gasteiger partial charge in [-0.25, -0.2) is 12.8 Å². The standard InChI is InChI=1S/C22H32ClFN2O3S.ClH/c1-2-16-30(28,29)26-14-12-25(13-15-26)22(9-4-3-5-10-22)11-8-21(27)19-7-6-18(24)17-20(19)23;/h6-7,17H,2-5,8-16H2,1H3;1H. The van der Waals surface area contributed by atoms with Gasteiger partial charge < -0.3 is 0 Å². The second-order valence-electron chi connectivity index (χ2n) is 8.53. The minimum atomic E-state index is -3.17. The third-order valence-electron chi connectivity index (χ3n) is 6.60. The van der Waals surface area contributed by atoms with Crippen LogP contribution in [0.5, 0.6) is 0 Å². The van der Waals surface area contributed by atoms with Crippen molar-refractivity contribution in [3.05, 3.63) is 34.6 Å². The summed E-state index contributed by atoms with van der Waals surface area (Å²) in [5.74, 6) is -0.309. The predicted octanol–water partition coefficient (Wildman–Crippen LogP) is 4.92. The van der Waals surface area contributed by atoms with Gasteiger partial charge >= 0.3 is 0 Å². The van der Waals surface area contributed by atoms with Crippen molar-refractivity contribution in [3.8, 4) is 0 Å². The van der Waals surface area contributed by atoms with Gasteiger partial charge in [-0.05, 0) is 43.9 Å². The molecule has 5 nitrogen and oxygen atoms in total. The zero-order valence-electron chi connectivity index (χ0n) is 18.1. The quantitative estimate of drug-likeness (QED) is 0.481. The van der Waals surface area contributed by atoms with Gasteiger partial charge in [0.15, 0.2) is 5.78 Å². The molecule has 0 amide bonds. The van der Waals surface area contributed by atoms with Crippen LogP contribution < -0.4 is 0 Å². The number of piperazine rings is 1. The van der Waals surface area contributed by atoms with Crippen LogP contribution in [0.4, 0.5) is 4.39 Å². The Bertz CT molecular complexity index is 852. The first kappa shape index (κ1) is 26.5. The number of carbonyl (C=O) groups excluding carboxylic acids is 1. The SMILES string of the molecule is CCCS(=O)(=O)N1CCN(C2(CCC(=O)c3ccc(F)cc3Cl)CCCCC2)CC1.Cl. The molecule has 176 valence electrons. The van der Waals surface area contributed by atoms with Crippen molar-refractivity contribution in [2.45, 2.75) is 63.8 Å². The van der Waals surface area contributed by atoms with E-state index in [1.807, 2.05) is 6.92 Å². The molecule has 2 aliphatic rings. The van der Waals surface area contributed by atoms with E-state index in [0.717, 1.165) is 32.1 Å². The van der Waals surface area contributed by atoms with Crippen LogP contribution in [0.1, 0.15) is 68.6 Å². The molecule has 1 saturated carbocycles. The zero-order valence-corrected chi connectivity index (χ0v) is 20.5. The zero-order chi connectivity index (χ0) is 21.8. The fourth-order valence-corrected chi connectivity index (χ4v) is 6.72. The third-order valence-corrected chi connectivity index (χ3v) is 8.99. The maximum Gasteiger partial charge on any atom is 0.214 e. The molecule has 0 spiro atoms. The number of halogens is 3. The lowest BCUT2D eigenvalue weighted by molar-refractivity contribution is 0.0165. The van der Waals surface area contributed by atoms with E-state index < -0.39 is 15.8 Å². The highest BCUT2D eigenvalue weighted by atomic mass is 35.5. The van der Waals surface area contributed by atoms with E-state index >= 15 is 0 Å². The molecule has 1 aromatic carbocycles. The molecule has 31 heavy (non-hydrogen) atoms. The lowest BCUT2D eigenvalue weighted by Gasteiger charge is -2.50. The van der Waals surface area contributed by atoms with E-state index in [1.54, 1.807) is 4.31 Å². The highest BCUT2D eigenvalue weighted by Gasteiger charge is 2.40. The lowest BCUT2D eigenvalue weighted by atomic mass is 9.76. The van der Waals surface area contributed by atoms with Crippen molar-refractivity contribution < 1.29 is 17.6 Å². The molecule has 2 fully saturated rings. The lowest BCUT2D eigenvalue weighted by Crippen LogP contribution is -2.58. The molecule has 1 aliphatic carbocycles. The fourth-order valence-electron chi connectivity index (χ4n) is 4.96. The summed E-state index contributed by atoms with van der Waals surface area (Å²) < 4.78 is 39.7. The van der Waals surface area contributed by atoms with E-state index in [2.05, 4.69) is 4.90 Å². The number of hydrogen-bond donors (Lipinski definition) is 0. The molecule has 0 atom stereocenters. The average molecular weight is 495 g/mol. The average Bonchev–Trinajstić information content (AvgIpc) is 2.73. The first-order valence-corrected chi connectivity index (χ1v) is 13.0. The number of carbonyl (C=O) groups is 1. The number of ketones is 1. The van der Waals surface area contributed by atoms with Gasteiger partial charge in [-0.3, -0.25) is 9.69 Å². The summed E-state index contributed by atoms with van der Waals surface area (Å²) in [4.78, 5) is 15.2. The van der Waals surface area contributed by atoms with Crippen molar-refractivity contribution in [2.75, 3.05) is 31.9 Å². The van der Waals surface area contributed by atoms with Gasteiger partial charge in [-0.1, -0.05) is 37.8 Å². The van der Waals surface area contributed by atoms with Gasteiger partial charge in [-0.15, -0.1) is 12.4 Å². The Kier molecular flexibility index (Phi) is 9.77. The Hall–Kier alpha value is -0.730. The van der Waals surface area contributed by atoms with Gasteiger partial charge in [0.25, 0.3) is 0 Å². The van der Waals surface area contributed by atoms with Gasteiger partial charge in [0.2, 0.25) is 10.0 Å². The number of hydrogen-bond acceptors (Lipinski definition) is 4. The molecule has 9 heteroatoms. The largest absolute Gasteiger partial charge is 0.295 e. The molecule has 3 rings (SSSR count). The molecule has 1 heterocycles. The number of Topliss-reactive ketones (excluding diaryl/α,β-unsaturated/α-hetero) is 1. The molecule has 1 aromatic rings. The van der Waals surface area contributed by atoms with Crippen LogP contribution in [0.2, 0.25) is 5.02 Å². The van der Waals surface area contributed by atoms with E-state index in [-0.39, 0.29) is 34.5 Å². The minimum absolute atomic E-state index is 0. The normalized spacial score (nSPS) is 20.2. The summed E-state index contributed by atoms with van der Waals surface area (Å²) in [5, 5.41) is 0.160. The summed E-state index contributed by atoms with van der Waals surface area (Å²) in [7, 11) is -3.17. The summed E-state index contributed by atoms with van der Waals surface area (Å²) in [6.07, 6.45) is 7.21. The fraction of sp³-hybridized carbons (Fsp3) is 0.682. The molecule has 0 N–H and O–H groups in total. The molecule has 1 saturated heterocycles. The van der Waals surface area contributed by atoms with Crippen molar-refractivity contribution in [1.82, 2.24) is 9.21 Å². The molecule has 0 aromatic heterocycles. The van der Waals surface area contributed by atoms with Crippen LogP contribution in [-0.4, -0.2) is 60.9 Å². The first-order valence-electron chi connectivity index (χ1n) is 11.0. The highest BCUT2D eigenvalue weighted by Crippen LogP contribution is 2.39. The van der Waals surface area contributed by atoms with Crippen molar-refractivity contribution in [1.29, 1.82) is 0 Å². The summed E-state index contributed by atoms with van der Waals surface area (Å²) in [6, 6.07) is 3.91. The van der Waals surface area contributed by atoms with Gasteiger partial charge in [0.05, 0.1) is 10.8 Å². The van der Waals surface area contributed by atoms with Crippen LogP contribution in [0.15, 0.2) is 18.2 Å². The number of rotatable bonds is 8. The smallest absolute Gasteiger partial charge is 0.214 e. The van der Waals surface area contributed by atoms with E-state index in [4.69, 9.17) is 11.6 Å². The van der Waals surface area contributed by atoms with Gasteiger partial charge in [-0.2, -0.15) is 4.31 Å². The Morgan fingerprint density at radius 3 is 2.35 bits per heavy atom. The van der Waals surface area contributed by atoms with E-state index in [1.165, 1.54) is 24.6 Å². The first-order chi connectivity index (χ1) is 14.3. The predicted molar refractivity (Wildman–Crippen MR) is 125 cm³/mol. The molecule has 1 aliphatic heterocycles. The van der Waals surface area contributed by atoms with Crippen molar-refractivity contribution >= 4 is 39.8 Å². The topological polar surface area (TPSA) is 57.7 Å². The van der Waals surface area contributed by atoms with E-state index in [9.17, 15) is 17.6 Å². The van der Waals surface area contributed by atoms with Crippen molar-refractivity contribution in [2.24, 2.45) is 0 Å². The second-order valence-corrected chi connectivity index (χ2v) is 11.0. The molecule has 0 radical (unpaired) electrons. The molecule has 0 bridgehead atoms. The van der Waals surface area contributed by atoms with E-state index in [0.29, 0.717) is 44.6 Å². The molecular formula is C22H33Cl2FN2O3S.